The van der Waals surface area contributed by atoms with Crippen LogP contribution >= 0.6 is 0 Å². The summed E-state index contributed by atoms with van der Waals surface area (Å²) in [4.78, 5) is 13.2. The molecule has 0 radical (unpaired) electrons. The molecule has 4 rings (SSSR count). The average Bonchev–Trinajstić information content (AvgIpc) is 3.11. The van der Waals surface area contributed by atoms with Crippen molar-refractivity contribution in [3.63, 3.8) is 0 Å². The topological polar surface area (TPSA) is 17.1 Å². The third-order valence-corrected chi connectivity index (χ3v) is 11.8. The predicted molar refractivity (Wildman–Crippen MR) is 136 cm³/mol. The van der Waals surface area contributed by atoms with Crippen LogP contribution in [0.25, 0.3) is 0 Å². The van der Waals surface area contributed by atoms with Crippen LogP contribution < -0.4 is 0 Å². The molecule has 0 spiro atoms. The lowest BCUT2D eigenvalue weighted by atomic mass is 9.43. The summed E-state index contributed by atoms with van der Waals surface area (Å²) in [5.41, 5.74) is 2.25. The summed E-state index contributed by atoms with van der Waals surface area (Å²) in [6.07, 6.45) is 17.8. The Balaban J connectivity index is 1.57. The van der Waals surface area contributed by atoms with Gasteiger partial charge in [-0.15, -0.1) is 0 Å². The zero-order valence-corrected chi connectivity index (χ0v) is 22.4. The first-order valence-electron chi connectivity index (χ1n) is 14.4. The number of fused-ring (bicyclic) bond motifs is 5. The minimum atomic E-state index is -0.151. The summed E-state index contributed by atoms with van der Waals surface area (Å²) in [7, 11) is 0. The molecule has 0 unspecified atom stereocenters. The maximum Gasteiger partial charge on any atom is 0.143 e. The second kappa shape index (κ2) is 8.88. The molecule has 0 aromatic heterocycles. The normalized spacial score (nSPS) is 41.6. The molecule has 0 aliphatic heterocycles. The average molecular weight is 441 g/mol. The fourth-order valence-corrected chi connectivity index (χ4v) is 9.97. The number of hydrogen-bond acceptors (Lipinski definition) is 1. The van der Waals surface area contributed by atoms with E-state index >= 15 is 0 Å². The Kier molecular flexibility index (Phi) is 6.81. The second-order valence-corrected chi connectivity index (χ2v) is 13.4. The molecule has 7 atom stereocenters. The first-order chi connectivity index (χ1) is 15.1. The van der Waals surface area contributed by atoms with Crippen LogP contribution in [0.4, 0.5) is 0 Å². The van der Waals surface area contributed by atoms with Gasteiger partial charge in [0.05, 0.1) is 0 Å². The van der Waals surface area contributed by atoms with Crippen molar-refractivity contribution in [2.45, 2.75) is 126 Å². The van der Waals surface area contributed by atoms with Crippen molar-refractivity contribution >= 4 is 5.78 Å². The van der Waals surface area contributed by atoms with Gasteiger partial charge in [0.1, 0.15) is 5.78 Å². The van der Waals surface area contributed by atoms with E-state index in [1.54, 1.807) is 5.57 Å². The number of allylic oxidation sites excluding steroid dienone is 2. The highest BCUT2D eigenvalue weighted by Gasteiger charge is 2.62. The molecule has 0 amide bonds. The fourth-order valence-electron chi connectivity index (χ4n) is 9.97. The Labute approximate surface area is 199 Å². The van der Waals surface area contributed by atoms with E-state index in [9.17, 15) is 4.79 Å². The van der Waals surface area contributed by atoms with E-state index in [4.69, 9.17) is 0 Å². The lowest BCUT2D eigenvalue weighted by Crippen LogP contribution is -2.54. The molecule has 182 valence electrons. The number of ketones is 1. The molecule has 1 heteroatoms. The molecule has 1 nitrogen and oxygen atoms in total. The van der Waals surface area contributed by atoms with E-state index in [2.05, 4.69) is 54.5 Å². The Morgan fingerprint density at radius 1 is 0.969 bits per heavy atom. The van der Waals surface area contributed by atoms with Crippen LogP contribution in [0.15, 0.2) is 11.6 Å². The van der Waals surface area contributed by atoms with Crippen LogP contribution in [0.5, 0.6) is 0 Å². The van der Waals surface area contributed by atoms with Gasteiger partial charge in [0.25, 0.3) is 0 Å². The van der Waals surface area contributed by atoms with Crippen LogP contribution in [-0.2, 0) is 4.79 Å². The van der Waals surface area contributed by atoms with Crippen molar-refractivity contribution in [1.82, 2.24) is 0 Å². The van der Waals surface area contributed by atoms with Crippen molar-refractivity contribution in [2.24, 2.45) is 51.8 Å². The number of carbonyl (C=O) groups excluding carboxylic acids is 1. The summed E-state index contributed by atoms with van der Waals surface area (Å²) >= 11 is 0. The summed E-state index contributed by atoms with van der Waals surface area (Å²) in [5.74, 6) is 5.76. The van der Waals surface area contributed by atoms with E-state index in [1.165, 1.54) is 51.4 Å². The molecule has 32 heavy (non-hydrogen) atoms. The standard InChI is InChI=1S/C31H52O/c1-8-31(9-2)27-16-13-23-25-15-14-24(22(5)12-10-11-21(3)4)29(25,6)19-17-26(23)30(27,7)20-18-28(31)32/h16,21-26H,8-15,17-20H2,1-7H3/t22-,23+,24-,25+,26+,29+,30+/m0/s1. The lowest BCUT2D eigenvalue weighted by Gasteiger charge is -2.61. The predicted octanol–water partition coefficient (Wildman–Crippen LogP) is 9.01. The Morgan fingerprint density at radius 3 is 2.34 bits per heavy atom. The van der Waals surface area contributed by atoms with Gasteiger partial charge in [0, 0.05) is 11.8 Å². The third-order valence-electron chi connectivity index (χ3n) is 11.8. The SMILES string of the molecule is CCC1(CC)C(=O)CC[C@@]2(C)C1=CC[C@@H]1[C@H]3CC[C@@H]([C@@H](C)CCCC(C)C)[C@@]3(C)CC[C@H]12. The van der Waals surface area contributed by atoms with Gasteiger partial charge in [0.2, 0.25) is 0 Å². The number of carbonyl (C=O) groups is 1. The molecule has 4 aliphatic rings. The van der Waals surface area contributed by atoms with E-state index in [1.807, 2.05) is 0 Å². The van der Waals surface area contributed by atoms with E-state index < -0.39 is 0 Å². The molecule has 3 saturated carbocycles. The molecule has 0 aromatic carbocycles. The highest BCUT2D eigenvalue weighted by atomic mass is 16.1. The monoisotopic (exact) mass is 440 g/mol. The summed E-state index contributed by atoms with van der Waals surface area (Å²) in [6, 6.07) is 0. The van der Waals surface area contributed by atoms with Crippen molar-refractivity contribution in [3.8, 4) is 0 Å². The molecule has 0 N–H and O–H groups in total. The van der Waals surface area contributed by atoms with Gasteiger partial charge >= 0.3 is 0 Å². The largest absolute Gasteiger partial charge is 0.299 e. The van der Waals surface area contributed by atoms with Crippen molar-refractivity contribution < 1.29 is 4.79 Å². The molecule has 0 saturated heterocycles. The lowest BCUT2D eigenvalue weighted by molar-refractivity contribution is -0.134. The van der Waals surface area contributed by atoms with Crippen LogP contribution in [0.2, 0.25) is 0 Å². The first-order valence-corrected chi connectivity index (χ1v) is 14.4. The minimum Gasteiger partial charge on any atom is -0.299 e. The van der Waals surface area contributed by atoms with E-state index in [-0.39, 0.29) is 10.8 Å². The summed E-state index contributed by atoms with van der Waals surface area (Å²) in [6.45, 7) is 17.1. The molecular weight excluding hydrogens is 388 g/mol. The third kappa shape index (κ3) is 3.58. The van der Waals surface area contributed by atoms with E-state index in [0.29, 0.717) is 11.2 Å². The van der Waals surface area contributed by atoms with Crippen LogP contribution in [-0.4, -0.2) is 5.78 Å². The van der Waals surface area contributed by atoms with Crippen molar-refractivity contribution in [2.75, 3.05) is 0 Å². The molecule has 3 fully saturated rings. The number of hydrogen-bond donors (Lipinski definition) is 0. The van der Waals surface area contributed by atoms with Gasteiger partial charge in [-0.3, -0.25) is 4.79 Å². The Morgan fingerprint density at radius 2 is 1.69 bits per heavy atom. The fraction of sp³-hybridized carbons (Fsp3) is 0.903. The van der Waals surface area contributed by atoms with Crippen LogP contribution in [0.1, 0.15) is 126 Å². The summed E-state index contributed by atoms with van der Waals surface area (Å²) in [5, 5.41) is 0. The quantitative estimate of drug-likeness (QED) is 0.361. The van der Waals surface area contributed by atoms with Gasteiger partial charge < -0.3 is 0 Å². The highest BCUT2D eigenvalue weighted by Crippen LogP contribution is 2.69. The van der Waals surface area contributed by atoms with Crippen molar-refractivity contribution in [3.05, 3.63) is 11.6 Å². The molecular formula is C31H52O. The maximum absolute atomic E-state index is 13.2. The molecule has 0 aromatic rings. The van der Waals surface area contributed by atoms with Crippen LogP contribution in [0.3, 0.4) is 0 Å². The molecule has 0 heterocycles. The maximum atomic E-state index is 13.2. The van der Waals surface area contributed by atoms with Crippen molar-refractivity contribution in [1.29, 1.82) is 0 Å². The van der Waals surface area contributed by atoms with E-state index in [0.717, 1.165) is 61.2 Å². The minimum absolute atomic E-state index is 0.151. The zero-order chi connectivity index (χ0) is 23.3. The van der Waals surface area contributed by atoms with Gasteiger partial charge in [-0.05, 0) is 97.7 Å². The Hall–Kier alpha value is -0.590. The van der Waals surface area contributed by atoms with Gasteiger partial charge in [-0.2, -0.15) is 0 Å². The summed E-state index contributed by atoms with van der Waals surface area (Å²) < 4.78 is 0. The smallest absolute Gasteiger partial charge is 0.143 e. The number of Topliss-reactive ketones (excluding diaryl/α,β-unsaturated/α-hetero) is 1. The molecule has 0 bridgehead atoms. The van der Waals surface area contributed by atoms with Gasteiger partial charge in [0.15, 0.2) is 0 Å². The van der Waals surface area contributed by atoms with Crippen LogP contribution in [0, 0.1) is 51.8 Å². The molecule has 4 aliphatic carbocycles. The second-order valence-electron chi connectivity index (χ2n) is 13.4. The zero-order valence-electron chi connectivity index (χ0n) is 22.4. The first kappa shape index (κ1) is 24.5. The number of rotatable bonds is 7. The Bertz CT molecular complexity index is 727. The van der Waals surface area contributed by atoms with Gasteiger partial charge in [-0.25, -0.2) is 0 Å². The highest BCUT2D eigenvalue weighted by molar-refractivity contribution is 5.89. The van der Waals surface area contributed by atoms with Gasteiger partial charge in [-0.1, -0.05) is 79.4 Å².